The number of aliphatic imine (C=N–C) groups is 1. The summed E-state index contributed by atoms with van der Waals surface area (Å²) in [7, 11) is 0. The highest BCUT2D eigenvalue weighted by atomic mass is 127. The quantitative estimate of drug-likeness (QED) is 0.436. The zero-order valence-electron chi connectivity index (χ0n) is 11.2. The van der Waals surface area contributed by atoms with E-state index >= 15 is 0 Å². The molecule has 1 heterocycles. The average molecular weight is 438 g/mol. The Morgan fingerprint density at radius 1 is 1.32 bits per heavy atom. The third-order valence-corrected chi connectivity index (χ3v) is 3.97. The molecule has 1 aliphatic heterocycles. The summed E-state index contributed by atoms with van der Waals surface area (Å²) in [6.07, 6.45) is 2.43. The SMILES string of the molecule is CC1CCN(C(N)=NCc2ccc(Br)cc2)CC1.I. The van der Waals surface area contributed by atoms with Crippen LogP contribution in [0.25, 0.3) is 0 Å². The van der Waals surface area contributed by atoms with E-state index in [1.54, 1.807) is 0 Å². The van der Waals surface area contributed by atoms with Gasteiger partial charge in [-0.1, -0.05) is 35.0 Å². The van der Waals surface area contributed by atoms with Gasteiger partial charge in [0.05, 0.1) is 6.54 Å². The van der Waals surface area contributed by atoms with Gasteiger partial charge in [-0.05, 0) is 36.5 Å². The van der Waals surface area contributed by atoms with Crippen LogP contribution in [0, 0.1) is 5.92 Å². The summed E-state index contributed by atoms with van der Waals surface area (Å²) in [5.41, 5.74) is 7.22. The van der Waals surface area contributed by atoms with Gasteiger partial charge in [0.25, 0.3) is 0 Å². The van der Waals surface area contributed by atoms with Gasteiger partial charge in [0, 0.05) is 17.6 Å². The van der Waals surface area contributed by atoms with Crippen LogP contribution >= 0.6 is 39.9 Å². The van der Waals surface area contributed by atoms with Gasteiger partial charge < -0.3 is 10.6 Å². The molecule has 1 aromatic carbocycles. The van der Waals surface area contributed by atoms with Crippen LogP contribution in [0.5, 0.6) is 0 Å². The number of benzene rings is 1. The van der Waals surface area contributed by atoms with Crippen LogP contribution in [0.15, 0.2) is 33.7 Å². The first-order chi connectivity index (χ1) is 8.65. The van der Waals surface area contributed by atoms with Crippen molar-refractivity contribution in [2.75, 3.05) is 13.1 Å². The smallest absolute Gasteiger partial charge is 0.191 e. The Labute approximate surface area is 140 Å². The summed E-state index contributed by atoms with van der Waals surface area (Å²) in [4.78, 5) is 6.67. The van der Waals surface area contributed by atoms with E-state index in [1.165, 1.54) is 18.4 Å². The van der Waals surface area contributed by atoms with Crippen LogP contribution < -0.4 is 5.73 Å². The molecule has 2 N–H and O–H groups in total. The second-order valence-corrected chi connectivity index (χ2v) is 5.89. The van der Waals surface area contributed by atoms with Crippen molar-refractivity contribution in [1.29, 1.82) is 0 Å². The lowest BCUT2D eigenvalue weighted by molar-refractivity contribution is 0.277. The normalized spacial score (nSPS) is 17.2. The Balaban J connectivity index is 0.00000180. The fourth-order valence-electron chi connectivity index (χ4n) is 2.10. The standard InChI is InChI=1S/C14H20BrN3.HI/c1-11-6-8-18(9-7-11)14(16)17-10-12-2-4-13(15)5-3-12;/h2-5,11H,6-10H2,1H3,(H2,16,17);1H. The van der Waals surface area contributed by atoms with Gasteiger partial charge >= 0.3 is 0 Å². The summed E-state index contributed by atoms with van der Waals surface area (Å²) in [6.45, 7) is 5.03. The molecule has 2 rings (SSSR count). The number of piperidine rings is 1. The van der Waals surface area contributed by atoms with Gasteiger partial charge in [-0.15, -0.1) is 24.0 Å². The van der Waals surface area contributed by atoms with E-state index in [1.807, 2.05) is 12.1 Å². The van der Waals surface area contributed by atoms with E-state index < -0.39 is 0 Å². The molecule has 3 nitrogen and oxygen atoms in total. The predicted octanol–water partition coefficient (Wildman–Crippen LogP) is 3.61. The number of guanidine groups is 1. The molecule has 19 heavy (non-hydrogen) atoms. The molecule has 0 saturated carbocycles. The summed E-state index contributed by atoms with van der Waals surface area (Å²) in [6, 6.07) is 8.20. The van der Waals surface area contributed by atoms with Crippen LogP contribution in [-0.2, 0) is 6.54 Å². The van der Waals surface area contributed by atoms with Crippen molar-refractivity contribution in [2.24, 2.45) is 16.6 Å². The first-order valence-corrected chi connectivity index (χ1v) is 7.24. The average Bonchev–Trinajstić information content (AvgIpc) is 2.38. The maximum atomic E-state index is 6.04. The lowest BCUT2D eigenvalue weighted by Gasteiger charge is -2.31. The summed E-state index contributed by atoms with van der Waals surface area (Å²) in [5, 5.41) is 0. The van der Waals surface area contributed by atoms with Gasteiger partial charge in [0.1, 0.15) is 0 Å². The van der Waals surface area contributed by atoms with Crippen molar-refractivity contribution in [3.05, 3.63) is 34.3 Å². The lowest BCUT2D eigenvalue weighted by Crippen LogP contribution is -2.42. The molecule has 1 aromatic rings. The molecule has 0 amide bonds. The Kier molecular flexibility index (Phi) is 7.13. The molecule has 0 aromatic heterocycles. The predicted molar refractivity (Wildman–Crippen MR) is 94.9 cm³/mol. The van der Waals surface area contributed by atoms with Crippen LogP contribution in [0.1, 0.15) is 25.3 Å². The second-order valence-electron chi connectivity index (χ2n) is 4.97. The number of hydrogen-bond donors (Lipinski definition) is 1. The topological polar surface area (TPSA) is 41.6 Å². The van der Waals surface area contributed by atoms with Crippen molar-refractivity contribution < 1.29 is 0 Å². The maximum Gasteiger partial charge on any atom is 0.191 e. The number of nitrogens with two attached hydrogens (primary N) is 1. The third kappa shape index (κ3) is 5.30. The summed E-state index contributed by atoms with van der Waals surface area (Å²) in [5.74, 6) is 1.50. The fraction of sp³-hybridized carbons (Fsp3) is 0.500. The van der Waals surface area contributed by atoms with Crippen molar-refractivity contribution in [3.63, 3.8) is 0 Å². The van der Waals surface area contributed by atoms with Crippen molar-refractivity contribution in [3.8, 4) is 0 Å². The molecule has 1 saturated heterocycles. The number of halogens is 2. The highest BCUT2D eigenvalue weighted by Gasteiger charge is 2.16. The van der Waals surface area contributed by atoms with E-state index in [0.717, 1.165) is 23.5 Å². The number of rotatable bonds is 2. The van der Waals surface area contributed by atoms with Crippen LogP contribution in [0.4, 0.5) is 0 Å². The van der Waals surface area contributed by atoms with Crippen LogP contribution in [-0.4, -0.2) is 23.9 Å². The molecular weight excluding hydrogens is 417 g/mol. The minimum absolute atomic E-state index is 0. The molecule has 0 bridgehead atoms. The summed E-state index contributed by atoms with van der Waals surface area (Å²) >= 11 is 3.42. The number of hydrogen-bond acceptors (Lipinski definition) is 1. The number of likely N-dealkylation sites (tertiary alicyclic amines) is 1. The van der Waals surface area contributed by atoms with Crippen molar-refractivity contribution in [1.82, 2.24) is 4.90 Å². The third-order valence-electron chi connectivity index (χ3n) is 3.44. The van der Waals surface area contributed by atoms with Gasteiger partial charge in [0.2, 0.25) is 0 Å². The highest BCUT2D eigenvalue weighted by molar-refractivity contribution is 14.0. The molecule has 0 aliphatic carbocycles. The van der Waals surface area contributed by atoms with Crippen molar-refractivity contribution >= 4 is 45.9 Å². The summed E-state index contributed by atoms with van der Waals surface area (Å²) < 4.78 is 1.09. The molecule has 106 valence electrons. The Hall–Kier alpha value is -0.300. The van der Waals surface area contributed by atoms with E-state index in [4.69, 9.17) is 5.73 Å². The Morgan fingerprint density at radius 2 is 1.89 bits per heavy atom. The first-order valence-electron chi connectivity index (χ1n) is 6.44. The molecule has 1 fully saturated rings. The maximum absolute atomic E-state index is 6.04. The zero-order chi connectivity index (χ0) is 13.0. The minimum atomic E-state index is 0. The number of nitrogens with zero attached hydrogens (tertiary/aromatic N) is 2. The van der Waals surface area contributed by atoms with E-state index in [9.17, 15) is 0 Å². The van der Waals surface area contributed by atoms with Gasteiger partial charge in [0.15, 0.2) is 5.96 Å². The Bertz CT molecular complexity index is 411. The van der Waals surface area contributed by atoms with Crippen LogP contribution in [0.3, 0.4) is 0 Å². The van der Waals surface area contributed by atoms with E-state index in [-0.39, 0.29) is 24.0 Å². The molecule has 0 atom stereocenters. The van der Waals surface area contributed by atoms with Crippen molar-refractivity contribution in [2.45, 2.75) is 26.3 Å². The van der Waals surface area contributed by atoms with Crippen LogP contribution in [0.2, 0.25) is 0 Å². The molecule has 1 aliphatic rings. The van der Waals surface area contributed by atoms with E-state index in [2.05, 4.69) is 44.9 Å². The van der Waals surface area contributed by atoms with Gasteiger partial charge in [-0.3, -0.25) is 0 Å². The molecule has 0 radical (unpaired) electrons. The largest absolute Gasteiger partial charge is 0.370 e. The highest BCUT2D eigenvalue weighted by Crippen LogP contribution is 2.16. The lowest BCUT2D eigenvalue weighted by atomic mass is 10.00. The van der Waals surface area contributed by atoms with Gasteiger partial charge in [-0.25, -0.2) is 4.99 Å². The molecular formula is C14H21BrIN3. The van der Waals surface area contributed by atoms with Gasteiger partial charge in [-0.2, -0.15) is 0 Å². The molecule has 0 unspecified atom stereocenters. The Morgan fingerprint density at radius 3 is 2.47 bits per heavy atom. The minimum Gasteiger partial charge on any atom is -0.370 e. The second kappa shape index (κ2) is 8.09. The molecule has 5 heteroatoms. The fourth-order valence-corrected chi connectivity index (χ4v) is 2.36. The van der Waals surface area contributed by atoms with E-state index in [0.29, 0.717) is 12.5 Å². The monoisotopic (exact) mass is 437 g/mol. The zero-order valence-corrected chi connectivity index (χ0v) is 15.1. The molecule has 0 spiro atoms. The first kappa shape index (κ1) is 16.8.